The van der Waals surface area contributed by atoms with Crippen LogP contribution >= 0.6 is 0 Å². The first-order valence-corrected chi connectivity index (χ1v) is 8.92. The Morgan fingerprint density at radius 3 is 2.48 bits per heavy atom. The molecule has 1 N–H and O–H groups in total. The summed E-state index contributed by atoms with van der Waals surface area (Å²) in [6, 6.07) is 8.54. The van der Waals surface area contributed by atoms with Crippen molar-refractivity contribution < 1.29 is 14.6 Å². The number of carboxylic acid groups (broad SMARTS) is 1. The third kappa shape index (κ3) is 4.71. The number of carboxylic acids is 1. The predicted octanol–water partition coefficient (Wildman–Crippen LogP) is 3.84. The van der Waals surface area contributed by atoms with Crippen LogP contribution in [0.25, 0.3) is 0 Å². The molecule has 0 bridgehead atoms. The van der Waals surface area contributed by atoms with Crippen LogP contribution < -0.4 is 4.74 Å². The molecule has 126 valence electrons. The topological polar surface area (TPSA) is 49.8 Å². The molecule has 0 radical (unpaired) electrons. The van der Waals surface area contributed by atoms with E-state index in [1.807, 2.05) is 0 Å². The molecule has 3 rings (SSSR count). The first kappa shape index (κ1) is 16.3. The Kier molecular flexibility index (Phi) is 5.55. The molecule has 1 aromatic rings. The van der Waals surface area contributed by atoms with Gasteiger partial charge in [-0.1, -0.05) is 18.6 Å². The minimum atomic E-state index is -0.692. The van der Waals surface area contributed by atoms with Crippen LogP contribution in [0.1, 0.15) is 56.9 Å². The monoisotopic (exact) mass is 317 g/mol. The highest BCUT2D eigenvalue weighted by atomic mass is 16.5. The lowest BCUT2D eigenvalue weighted by Crippen LogP contribution is -2.40. The summed E-state index contributed by atoms with van der Waals surface area (Å²) in [4.78, 5) is 13.4. The van der Waals surface area contributed by atoms with Gasteiger partial charge in [0.05, 0.1) is 12.5 Å². The van der Waals surface area contributed by atoms with Gasteiger partial charge in [-0.3, -0.25) is 9.69 Å². The molecule has 1 heterocycles. The van der Waals surface area contributed by atoms with Gasteiger partial charge in [-0.2, -0.15) is 0 Å². The van der Waals surface area contributed by atoms with E-state index in [4.69, 9.17) is 9.84 Å². The Balaban J connectivity index is 1.56. The van der Waals surface area contributed by atoms with E-state index in [1.165, 1.54) is 37.7 Å². The van der Waals surface area contributed by atoms with Crippen molar-refractivity contribution in [2.45, 2.75) is 70.1 Å². The molecule has 2 fully saturated rings. The van der Waals surface area contributed by atoms with E-state index in [1.54, 1.807) is 0 Å². The number of carbonyl (C=O) groups is 1. The van der Waals surface area contributed by atoms with Gasteiger partial charge in [0.15, 0.2) is 0 Å². The van der Waals surface area contributed by atoms with Crippen LogP contribution in [0.4, 0.5) is 0 Å². The van der Waals surface area contributed by atoms with E-state index in [0.717, 1.165) is 31.7 Å². The summed E-state index contributed by atoms with van der Waals surface area (Å²) in [6.45, 7) is 1.83. The zero-order chi connectivity index (χ0) is 16.1. The van der Waals surface area contributed by atoms with Crippen molar-refractivity contribution >= 4 is 5.97 Å². The van der Waals surface area contributed by atoms with Crippen LogP contribution in [0.15, 0.2) is 24.3 Å². The van der Waals surface area contributed by atoms with Crippen molar-refractivity contribution in [2.24, 2.45) is 0 Å². The molecule has 0 aromatic heterocycles. The summed E-state index contributed by atoms with van der Waals surface area (Å²) in [6.07, 6.45) is 8.85. The third-order valence-electron chi connectivity index (χ3n) is 5.07. The van der Waals surface area contributed by atoms with Gasteiger partial charge in [-0.05, 0) is 62.8 Å². The second-order valence-corrected chi connectivity index (χ2v) is 6.89. The summed E-state index contributed by atoms with van der Waals surface area (Å²) in [7, 11) is 0. The average molecular weight is 317 g/mol. The fourth-order valence-corrected chi connectivity index (χ4v) is 3.81. The molecule has 1 aromatic carbocycles. The molecular weight excluding hydrogens is 290 g/mol. The van der Waals surface area contributed by atoms with E-state index in [2.05, 4.69) is 29.2 Å². The SMILES string of the molecule is O=C(O)CC1CCCCN1Cc1ccc(OC2CCCC2)cc1. The number of ether oxygens (including phenoxy) is 1. The summed E-state index contributed by atoms with van der Waals surface area (Å²) in [5.41, 5.74) is 1.24. The number of rotatable bonds is 6. The zero-order valence-electron chi connectivity index (χ0n) is 13.7. The molecule has 0 spiro atoms. The molecular formula is C19H27NO3. The van der Waals surface area contributed by atoms with Crippen molar-refractivity contribution in [3.05, 3.63) is 29.8 Å². The quantitative estimate of drug-likeness (QED) is 0.866. The zero-order valence-corrected chi connectivity index (χ0v) is 13.7. The van der Waals surface area contributed by atoms with Crippen LogP contribution in [0.3, 0.4) is 0 Å². The Morgan fingerprint density at radius 1 is 1.09 bits per heavy atom. The van der Waals surface area contributed by atoms with Gasteiger partial charge in [0.1, 0.15) is 5.75 Å². The minimum Gasteiger partial charge on any atom is -0.490 e. The third-order valence-corrected chi connectivity index (χ3v) is 5.07. The number of nitrogens with zero attached hydrogens (tertiary/aromatic N) is 1. The van der Waals surface area contributed by atoms with Crippen molar-refractivity contribution in [3.8, 4) is 5.75 Å². The minimum absolute atomic E-state index is 0.177. The highest BCUT2D eigenvalue weighted by Crippen LogP contribution is 2.26. The van der Waals surface area contributed by atoms with Crippen molar-refractivity contribution in [2.75, 3.05) is 6.54 Å². The van der Waals surface area contributed by atoms with Crippen LogP contribution in [0.2, 0.25) is 0 Å². The first-order chi connectivity index (χ1) is 11.2. The van der Waals surface area contributed by atoms with E-state index in [0.29, 0.717) is 6.10 Å². The number of aliphatic carboxylic acids is 1. The number of piperidine rings is 1. The highest BCUT2D eigenvalue weighted by molar-refractivity contribution is 5.67. The molecule has 1 aliphatic carbocycles. The van der Waals surface area contributed by atoms with Gasteiger partial charge < -0.3 is 9.84 Å². The molecule has 1 unspecified atom stereocenters. The summed E-state index contributed by atoms with van der Waals surface area (Å²) < 4.78 is 6.00. The van der Waals surface area contributed by atoms with Crippen LogP contribution in [0.5, 0.6) is 5.75 Å². The second kappa shape index (κ2) is 7.82. The number of hydrogen-bond acceptors (Lipinski definition) is 3. The molecule has 1 saturated carbocycles. The second-order valence-electron chi connectivity index (χ2n) is 6.89. The highest BCUT2D eigenvalue weighted by Gasteiger charge is 2.24. The lowest BCUT2D eigenvalue weighted by atomic mass is 9.98. The summed E-state index contributed by atoms with van der Waals surface area (Å²) >= 11 is 0. The Labute approximate surface area is 138 Å². The van der Waals surface area contributed by atoms with Crippen LogP contribution in [-0.4, -0.2) is 34.7 Å². The molecule has 1 aliphatic heterocycles. The van der Waals surface area contributed by atoms with Crippen LogP contribution in [0, 0.1) is 0 Å². The first-order valence-electron chi connectivity index (χ1n) is 8.92. The standard InChI is InChI=1S/C19H27NO3/c21-19(22)13-16-5-3-4-12-20(16)14-15-8-10-18(11-9-15)23-17-6-1-2-7-17/h8-11,16-17H,1-7,12-14H2,(H,21,22). The average Bonchev–Trinajstić information content (AvgIpc) is 3.04. The van der Waals surface area contributed by atoms with E-state index >= 15 is 0 Å². The van der Waals surface area contributed by atoms with Gasteiger partial charge in [0.2, 0.25) is 0 Å². The maximum absolute atomic E-state index is 11.0. The number of benzene rings is 1. The fraction of sp³-hybridized carbons (Fsp3) is 0.632. The molecule has 4 nitrogen and oxygen atoms in total. The fourth-order valence-electron chi connectivity index (χ4n) is 3.81. The number of hydrogen-bond donors (Lipinski definition) is 1. The maximum atomic E-state index is 11.0. The van der Waals surface area contributed by atoms with Crippen LogP contribution in [-0.2, 0) is 11.3 Å². The van der Waals surface area contributed by atoms with Crippen molar-refractivity contribution in [1.82, 2.24) is 4.90 Å². The molecule has 23 heavy (non-hydrogen) atoms. The smallest absolute Gasteiger partial charge is 0.304 e. The van der Waals surface area contributed by atoms with E-state index in [-0.39, 0.29) is 12.5 Å². The van der Waals surface area contributed by atoms with Crippen molar-refractivity contribution in [1.29, 1.82) is 0 Å². The molecule has 0 amide bonds. The summed E-state index contributed by atoms with van der Waals surface area (Å²) in [5, 5.41) is 9.08. The molecule has 2 aliphatic rings. The Bertz CT molecular complexity index is 508. The number of likely N-dealkylation sites (tertiary alicyclic amines) is 1. The van der Waals surface area contributed by atoms with Crippen molar-refractivity contribution in [3.63, 3.8) is 0 Å². The normalized spacial score (nSPS) is 23.0. The maximum Gasteiger partial charge on any atom is 0.304 e. The Morgan fingerprint density at radius 2 is 1.78 bits per heavy atom. The summed E-state index contributed by atoms with van der Waals surface area (Å²) in [5.74, 6) is 0.267. The van der Waals surface area contributed by atoms with E-state index < -0.39 is 5.97 Å². The molecule has 1 saturated heterocycles. The van der Waals surface area contributed by atoms with Gasteiger partial charge in [-0.25, -0.2) is 0 Å². The van der Waals surface area contributed by atoms with Gasteiger partial charge in [-0.15, -0.1) is 0 Å². The van der Waals surface area contributed by atoms with E-state index in [9.17, 15) is 4.79 Å². The lowest BCUT2D eigenvalue weighted by molar-refractivity contribution is -0.138. The van der Waals surface area contributed by atoms with Gasteiger partial charge in [0.25, 0.3) is 0 Å². The Hall–Kier alpha value is -1.55. The lowest BCUT2D eigenvalue weighted by Gasteiger charge is -2.35. The molecule has 1 atom stereocenters. The predicted molar refractivity (Wildman–Crippen MR) is 89.6 cm³/mol. The molecule has 4 heteroatoms. The largest absolute Gasteiger partial charge is 0.490 e. The van der Waals surface area contributed by atoms with Gasteiger partial charge in [0, 0.05) is 12.6 Å². The van der Waals surface area contributed by atoms with Gasteiger partial charge >= 0.3 is 5.97 Å².